The number of aliphatic hydroxyl groups excluding tert-OH is 1. The molecule has 0 fully saturated rings. The Hall–Kier alpha value is -2.25. The number of benzene rings is 3. The van der Waals surface area contributed by atoms with E-state index in [9.17, 15) is 9.90 Å². The van der Waals surface area contributed by atoms with Crippen LogP contribution in [0.2, 0.25) is 0 Å². The molecule has 0 aliphatic carbocycles. The molecule has 0 saturated carbocycles. The van der Waals surface area contributed by atoms with E-state index >= 15 is 0 Å². The summed E-state index contributed by atoms with van der Waals surface area (Å²) in [5, 5.41) is 12.9. The number of methoxy groups -OCH3 is 1. The Balaban J connectivity index is 0.00000272. The molecule has 4 rings (SSSR count). The summed E-state index contributed by atoms with van der Waals surface area (Å²) in [6.45, 7) is 1.23. The highest BCUT2D eigenvalue weighted by atomic mass is 35.5. The number of fused-ring (bicyclic) bond motifs is 3. The van der Waals surface area contributed by atoms with Crippen molar-refractivity contribution in [2.24, 2.45) is 0 Å². The number of rotatable bonds is 5. The first-order valence-electron chi connectivity index (χ1n) is 9.96. The molecule has 164 valence electrons. The molecule has 1 heterocycles. The third-order valence-corrected chi connectivity index (χ3v) is 6.86. The number of aliphatic hydroxyl groups is 1. The van der Waals surface area contributed by atoms with Crippen LogP contribution in [0.5, 0.6) is 5.75 Å². The van der Waals surface area contributed by atoms with Gasteiger partial charge in [-0.1, -0.05) is 42.5 Å². The topological polar surface area (TPSA) is 53.0 Å². The average molecular weight is 459 g/mol. The largest absolute Gasteiger partial charge is 0.497 e. The third-order valence-electron chi connectivity index (χ3n) is 5.42. The van der Waals surface area contributed by atoms with Crippen LogP contribution in [0.25, 0.3) is 10.8 Å². The minimum Gasteiger partial charge on any atom is -0.497 e. The molecule has 1 aliphatic rings. The highest BCUT2D eigenvalue weighted by Gasteiger charge is 2.37. The maximum atomic E-state index is 13.4. The number of thioether (sulfide) groups is 1. The number of ether oxygens (including phenoxy) is 1. The molecule has 0 unspecified atom stereocenters. The van der Waals surface area contributed by atoms with Crippen molar-refractivity contribution in [1.29, 1.82) is 0 Å². The van der Waals surface area contributed by atoms with Gasteiger partial charge in [-0.25, -0.2) is 0 Å². The summed E-state index contributed by atoms with van der Waals surface area (Å²) in [5.74, 6) is 0.482. The van der Waals surface area contributed by atoms with Crippen LogP contribution in [0.1, 0.15) is 10.8 Å². The van der Waals surface area contributed by atoms with E-state index in [-0.39, 0.29) is 18.3 Å². The van der Waals surface area contributed by atoms with Crippen LogP contribution in [-0.4, -0.2) is 56.3 Å². The third kappa shape index (κ3) is 4.67. The van der Waals surface area contributed by atoms with Crippen LogP contribution < -0.4 is 9.64 Å². The lowest BCUT2D eigenvalue weighted by atomic mass is 10.1. The van der Waals surface area contributed by atoms with Crippen LogP contribution >= 0.6 is 24.2 Å². The molecule has 0 saturated heterocycles. The summed E-state index contributed by atoms with van der Waals surface area (Å²) >= 11 is 1.56. The lowest BCUT2D eigenvalue weighted by molar-refractivity contribution is -0.126. The number of nitrogens with zero attached hydrogens (tertiary/aromatic N) is 2. The fourth-order valence-electron chi connectivity index (χ4n) is 3.74. The zero-order chi connectivity index (χ0) is 21.3. The number of likely N-dealkylation sites (N-methyl/N-ethyl adjacent to an activating group) is 1. The van der Waals surface area contributed by atoms with Crippen LogP contribution in [0.4, 0.5) is 5.69 Å². The Kier molecular flexibility index (Phi) is 7.49. The molecule has 0 aromatic heterocycles. The van der Waals surface area contributed by atoms with Crippen molar-refractivity contribution in [3.05, 3.63) is 66.2 Å². The van der Waals surface area contributed by atoms with E-state index in [1.807, 2.05) is 67.5 Å². The highest BCUT2D eigenvalue weighted by molar-refractivity contribution is 8.00. The molecule has 1 amide bonds. The molecule has 5 nitrogen and oxygen atoms in total. The van der Waals surface area contributed by atoms with Crippen molar-refractivity contribution >= 4 is 46.5 Å². The Morgan fingerprint density at radius 3 is 2.45 bits per heavy atom. The first-order chi connectivity index (χ1) is 14.5. The summed E-state index contributed by atoms with van der Waals surface area (Å²) in [7, 11) is 5.59. The highest BCUT2D eigenvalue weighted by Crippen LogP contribution is 2.48. The second kappa shape index (κ2) is 9.92. The van der Waals surface area contributed by atoms with Gasteiger partial charge >= 0.3 is 0 Å². The van der Waals surface area contributed by atoms with Gasteiger partial charge in [-0.2, -0.15) is 0 Å². The molecule has 0 radical (unpaired) electrons. The van der Waals surface area contributed by atoms with E-state index in [1.165, 1.54) is 0 Å². The number of anilines is 1. The number of hydrogen-bond acceptors (Lipinski definition) is 5. The lowest BCUT2D eigenvalue weighted by Crippen LogP contribution is -2.43. The molecule has 3 aromatic rings. The normalized spacial score (nSPS) is 18.5. The standard InChI is InChI=1S/C24H26N2O3S.ClH/c1-25(2)14-15-26-20-13-10-16-6-4-5-7-19(16)23(20)30-22(21(27)24(26)28)17-8-11-18(29-3)12-9-17;/h4-13,21-22,27H,14-15H2,1-3H3;1H/t21-,22-;/m1./s1. The fraction of sp³-hybridized carbons (Fsp3) is 0.292. The SMILES string of the molecule is COc1ccc([C@H]2Sc3c(ccc4ccccc34)N(CCN(C)C)C(=O)[C@@H]2O)cc1.Cl. The minimum absolute atomic E-state index is 0. The van der Waals surface area contributed by atoms with E-state index in [0.717, 1.165) is 32.7 Å². The van der Waals surface area contributed by atoms with Gasteiger partial charge in [0.15, 0.2) is 0 Å². The summed E-state index contributed by atoms with van der Waals surface area (Å²) in [6, 6.07) is 19.8. The predicted octanol–water partition coefficient (Wildman–Crippen LogP) is 4.37. The zero-order valence-electron chi connectivity index (χ0n) is 17.8. The molecule has 7 heteroatoms. The van der Waals surface area contributed by atoms with Crippen LogP contribution in [0.3, 0.4) is 0 Å². The number of halogens is 1. The first kappa shape index (κ1) is 23.4. The smallest absolute Gasteiger partial charge is 0.257 e. The number of amides is 1. The first-order valence-corrected chi connectivity index (χ1v) is 10.8. The van der Waals surface area contributed by atoms with Crippen molar-refractivity contribution in [3.8, 4) is 5.75 Å². The van der Waals surface area contributed by atoms with Gasteiger partial charge < -0.3 is 19.6 Å². The van der Waals surface area contributed by atoms with E-state index in [2.05, 4.69) is 12.1 Å². The Morgan fingerprint density at radius 2 is 1.77 bits per heavy atom. The molecule has 31 heavy (non-hydrogen) atoms. The Morgan fingerprint density at radius 1 is 1.06 bits per heavy atom. The summed E-state index contributed by atoms with van der Waals surface area (Å²) in [4.78, 5) is 18.2. The van der Waals surface area contributed by atoms with Crippen molar-refractivity contribution in [3.63, 3.8) is 0 Å². The van der Waals surface area contributed by atoms with Crippen LogP contribution in [0, 0.1) is 0 Å². The lowest BCUT2D eigenvalue weighted by Gasteiger charge is -2.26. The van der Waals surface area contributed by atoms with Gasteiger partial charge in [0.2, 0.25) is 0 Å². The van der Waals surface area contributed by atoms with Gasteiger partial charge in [-0.15, -0.1) is 24.2 Å². The average Bonchev–Trinajstić information content (AvgIpc) is 2.87. The summed E-state index contributed by atoms with van der Waals surface area (Å²) in [6.07, 6.45) is -1.14. The van der Waals surface area contributed by atoms with Gasteiger partial charge in [-0.05, 0) is 48.6 Å². The number of hydrogen-bond donors (Lipinski definition) is 1. The van der Waals surface area contributed by atoms with Crippen molar-refractivity contribution in [1.82, 2.24) is 4.90 Å². The maximum absolute atomic E-state index is 13.4. The molecular weight excluding hydrogens is 432 g/mol. The van der Waals surface area contributed by atoms with Gasteiger partial charge in [-0.3, -0.25) is 4.79 Å². The molecule has 2 atom stereocenters. The predicted molar refractivity (Wildman–Crippen MR) is 130 cm³/mol. The summed E-state index contributed by atoms with van der Waals surface area (Å²) in [5.41, 5.74) is 1.76. The van der Waals surface area contributed by atoms with Gasteiger partial charge in [0, 0.05) is 18.0 Å². The number of carbonyl (C=O) groups is 1. The van der Waals surface area contributed by atoms with Crippen LogP contribution in [-0.2, 0) is 4.79 Å². The molecule has 0 spiro atoms. The maximum Gasteiger partial charge on any atom is 0.257 e. The molecule has 3 aromatic carbocycles. The fourth-order valence-corrected chi connectivity index (χ4v) is 5.15. The zero-order valence-corrected chi connectivity index (χ0v) is 19.5. The molecule has 1 N–H and O–H groups in total. The van der Waals surface area contributed by atoms with E-state index in [1.54, 1.807) is 23.8 Å². The van der Waals surface area contributed by atoms with Crippen molar-refractivity contribution in [2.45, 2.75) is 16.2 Å². The van der Waals surface area contributed by atoms with Crippen LogP contribution in [0.15, 0.2) is 65.6 Å². The van der Waals surface area contributed by atoms with Crippen molar-refractivity contribution in [2.75, 3.05) is 39.2 Å². The summed E-state index contributed by atoms with van der Waals surface area (Å²) < 4.78 is 5.27. The monoisotopic (exact) mass is 458 g/mol. The molecule has 0 bridgehead atoms. The van der Waals surface area contributed by atoms with Gasteiger partial charge in [0.1, 0.15) is 11.9 Å². The van der Waals surface area contributed by atoms with Crippen molar-refractivity contribution < 1.29 is 14.6 Å². The second-order valence-electron chi connectivity index (χ2n) is 7.68. The minimum atomic E-state index is -1.14. The van der Waals surface area contributed by atoms with Gasteiger partial charge in [0.25, 0.3) is 5.91 Å². The second-order valence-corrected chi connectivity index (χ2v) is 8.84. The molecule has 1 aliphatic heterocycles. The van der Waals surface area contributed by atoms with Gasteiger partial charge in [0.05, 0.1) is 18.0 Å². The molecular formula is C24H27ClN2O3S. The van der Waals surface area contributed by atoms with E-state index in [4.69, 9.17) is 4.74 Å². The number of carbonyl (C=O) groups excluding carboxylic acids is 1. The Bertz CT molecular complexity index is 1060. The van der Waals surface area contributed by atoms with E-state index < -0.39 is 11.4 Å². The Labute approximate surface area is 193 Å². The van der Waals surface area contributed by atoms with E-state index in [0.29, 0.717) is 13.1 Å². The quantitative estimate of drug-likeness (QED) is 0.615.